The van der Waals surface area contributed by atoms with Gasteiger partial charge in [-0.2, -0.15) is 0 Å². The average molecular weight is 271 g/mol. The molecule has 20 heavy (non-hydrogen) atoms. The summed E-state index contributed by atoms with van der Waals surface area (Å²) in [5, 5.41) is 5.98. The number of nitrogens with one attached hydrogen (secondary N) is 2. The molecule has 0 atom stereocenters. The fourth-order valence-corrected chi connectivity index (χ4v) is 2.38. The van der Waals surface area contributed by atoms with Crippen molar-refractivity contribution in [3.8, 4) is 0 Å². The zero-order valence-electron chi connectivity index (χ0n) is 10.8. The number of aromatic nitrogens is 1. The highest BCUT2D eigenvalue weighted by Gasteiger charge is 2.17. The highest BCUT2D eigenvalue weighted by Crippen LogP contribution is 2.19. The Morgan fingerprint density at radius 1 is 1.30 bits per heavy atom. The number of halogens is 1. The highest BCUT2D eigenvalue weighted by atomic mass is 19.1. The van der Waals surface area contributed by atoms with Crippen LogP contribution in [0.15, 0.2) is 36.5 Å². The molecule has 2 aromatic rings. The first-order valence-electron chi connectivity index (χ1n) is 6.48. The van der Waals surface area contributed by atoms with Gasteiger partial charge in [0.15, 0.2) is 0 Å². The van der Waals surface area contributed by atoms with Crippen molar-refractivity contribution in [2.24, 2.45) is 0 Å². The molecule has 0 bridgehead atoms. The number of nitrogens with zero attached hydrogens (tertiary/aromatic N) is 1. The van der Waals surface area contributed by atoms with Gasteiger partial charge in [0.25, 0.3) is 5.91 Å². The molecule has 0 aliphatic carbocycles. The molecule has 1 aromatic carbocycles. The topological polar surface area (TPSA) is 54.0 Å². The maximum absolute atomic E-state index is 12.8. The lowest BCUT2D eigenvalue weighted by atomic mass is 9.95. The molecular weight excluding hydrogens is 257 g/mol. The van der Waals surface area contributed by atoms with Crippen molar-refractivity contribution in [1.82, 2.24) is 10.3 Å². The van der Waals surface area contributed by atoms with Crippen LogP contribution in [0.2, 0.25) is 0 Å². The van der Waals surface area contributed by atoms with E-state index in [0.29, 0.717) is 11.4 Å². The zero-order valence-corrected chi connectivity index (χ0v) is 10.8. The highest BCUT2D eigenvalue weighted by molar-refractivity contribution is 6.05. The molecule has 1 amide bonds. The SMILES string of the molecule is O=C(Nc1ccc(F)cn1)c1cccc2c1CCNC2. The van der Waals surface area contributed by atoms with Crippen LogP contribution in [0.1, 0.15) is 21.5 Å². The average Bonchev–Trinajstić information content (AvgIpc) is 2.49. The third kappa shape index (κ3) is 2.53. The number of anilines is 1. The van der Waals surface area contributed by atoms with Crippen LogP contribution in [0.4, 0.5) is 10.2 Å². The fraction of sp³-hybridized carbons (Fsp3) is 0.200. The summed E-state index contributed by atoms with van der Waals surface area (Å²) >= 11 is 0. The van der Waals surface area contributed by atoms with E-state index in [0.717, 1.165) is 36.8 Å². The molecule has 1 aliphatic rings. The van der Waals surface area contributed by atoms with Crippen LogP contribution < -0.4 is 10.6 Å². The Labute approximate surface area is 116 Å². The first-order chi connectivity index (χ1) is 9.74. The van der Waals surface area contributed by atoms with Crippen LogP contribution in [-0.2, 0) is 13.0 Å². The van der Waals surface area contributed by atoms with Crippen molar-refractivity contribution >= 4 is 11.7 Å². The van der Waals surface area contributed by atoms with Crippen LogP contribution in [-0.4, -0.2) is 17.4 Å². The molecule has 4 nitrogen and oxygen atoms in total. The van der Waals surface area contributed by atoms with Gasteiger partial charge in [-0.05, 0) is 42.3 Å². The van der Waals surface area contributed by atoms with E-state index < -0.39 is 5.82 Å². The molecule has 1 aromatic heterocycles. The number of benzene rings is 1. The molecule has 0 fully saturated rings. The Morgan fingerprint density at radius 3 is 3.00 bits per heavy atom. The van der Waals surface area contributed by atoms with E-state index in [4.69, 9.17) is 0 Å². The molecule has 2 N–H and O–H groups in total. The minimum Gasteiger partial charge on any atom is -0.312 e. The Hall–Kier alpha value is -2.27. The standard InChI is InChI=1S/C15H14FN3O/c16-11-4-5-14(18-9-11)19-15(20)13-3-1-2-10-8-17-7-6-12(10)13/h1-5,9,17H,6-8H2,(H,18,19,20). The Bertz CT molecular complexity index is 640. The van der Waals surface area contributed by atoms with Crippen molar-refractivity contribution < 1.29 is 9.18 Å². The third-order valence-electron chi connectivity index (χ3n) is 3.35. The van der Waals surface area contributed by atoms with Crippen molar-refractivity contribution in [2.75, 3.05) is 11.9 Å². The molecule has 0 saturated heterocycles. The number of fused-ring (bicyclic) bond motifs is 1. The lowest BCUT2D eigenvalue weighted by molar-refractivity contribution is 0.102. The van der Waals surface area contributed by atoms with Crippen LogP contribution in [0.5, 0.6) is 0 Å². The van der Waals surface area contributed by atoms with Gasteiger partial charge in [0.1, 0.15) is 11.6 Å². The van der Waals surface area contributed by atoms with Crippen LogP contribution >= 0.6 is 0 Å². The van der Waals surface area contributed by atoms with E-state index in [1.807, 2.05) is 18.2 Å². The second kappa shape index (κ2) is 5.38. The molecule has 0 saturated carbocycles. The van der Waals surface area contributed by atoms with Gasteiger partial charge < -0.3 is 10.6 Å². The Balaban J connectivity index is 1.85. The van der Waals surface area contributed by atoms with Crippen molar-refractivity contribution in [1.29, 1.82) is 0 Å². The summed E-state index contributed by atoms with van der Waals surface area (Å²) in [5.41, 5.74) is 2.89. The lowest BCUT2D eigenvalue weighted by Gasteiger charge is -2.19. The van der Waals surface area contributed by atoms with Gasteiger partial charge in [-0.15, -0.1) is 0 Å². The Kier molecular flexibility index (Phi) is 3.43. The maximum atomic E-state index is 12.8. The largest absolute Gasteiger partial charge is 0.312 e. The smallest absolute Gasteiger partial charge is 0.257 e. The van der Waals surface area contributed by atoms with E-state index >= 15 is 0 Å². The molecule has 0 unspecified atom stereocenters. The molecule has 3 rings (SSSR count). The number of hydrogen-bond donors (Lipinski definition) is 2. The molecular formula is C15H14FN3O. The fourth-order valence-electron chi connectivity index (χ4n) is 2.38. The summed E-state index contributed by atoms with van der Waals surface area (Å²) in [4.78, 5) is 16.1. The number of rotatable bonds is 2. The van der Waals surface area contributed by atoms with Crippen LogP contribution in [0.3, 0.4) is 0 Å². The number of hydrogen-bond acceptors (Lipinski definition) is 3. The summed E-state index contributed by atoms with van der Waals surface area (Å²) in [6, 6.07) is 8.42. The van der Waals surface area contributed by atoms with Crippen LogP contribution in [0.25, 0.3) is 0 Å². The summed E-state index contributed by atoms with van der Waals surface area (Å²) in [6.45, 7) is 1.65. The summed E-state index contributed by atoms with van der Waals surface area (Å²) in [7, 11) is 0. The molecule has 2 heterocycles. The monoisotopic (exact) mass is 271 g/mol. The van der Waals surface area contributed by atoms with Gasteiger partial charge in [-0.1, -0.05) is 12.1 Å². The minimum absolute atomic E-state index is 0.206. The van der Waals surface area contributed by atoms with Gasteiger partial charge in [0, 0.05) is 12.1 Å². The molecule has 5 heteroatoms. The van der Waals surface area contributed by atoms with E-state index in [9.17, 15) is 9.18 Å². The zero-order chi connectivity index (χ0) is 13.9. The van der Waals surface area contributed by atoms with Crippen LogP contribution in [0, 0.1) is 5.82 Å². The lowest BCUT2D eigenvalue weighted by Crippen LogP contribution is -2.26. The van der Waals surface area contributed by atoms with E-state index in [1.165, 1.54) is 12.1 Å². The summed E-state index contributed by atoms with van der Waals surface area (Å²) in [5.74, 6) is -0.281. The van der Waals surface area contributed by atoms with Crippen molar-refractivity contribution in [3.05, 3.63) is 59.0 Å². The number of amides is 1. The number of carbonyl (C=O) groups is 1. The van der Waals surface area contributed by atoms with Gasteiger partial charge in [0.05, 0.1) is 6.20 Å². The van der Waals surface area contributed by atoms with Gasteiger partial charge in [-0.25, -0.2) is 9.37 Å². The molecule has 102 valence electrons. The first-order valence-corrected chi connectivity index (χ1v) is 6.48. The number of pyridine rings is 1. The maximum Gasteiger partial charge on any atom is 0.257 e. The van der Waals surface area contributed by atoms with Crippen molar-refractivity contribution in [3.63, 3.8) is 0 Å². The first kappa shape index (κ1) is 12.7. The third-order valence-corrected chi connectivity index (χ3v) is 3.35. The van der Waals surface area contributed by atoms with E-state index in [-0.39, 0.29) is 5.91 Å². The quantitative estimate of drug-likeness (QED) is 0.879. The normalized spacial score (nSPS) is 13.7. The van der Waals surface area contributed by atoms with Gasteiger partial charge >= 0.3 is 0 Å². The molecule has 0 radical (unpaired) electrons. The second-order valence-electron chi connectivity index (χ2n) is 4.69. The van der Waals surface area contributed by atoms with Gasteiger partial charge in [0.2, 0.25) is 0 Å². The molecule has 1 aliphatic heterocycles. The Morgan fingerprint density at radius 2 is 2.20 bits per heavy atom. The van der Waals surface area contributed by atoms with E-state index in [1.54, 1.807) is 0 Å². The van der Waals surface area contributed by atoms with E-state index in [2.05, 4.69) is 15.6 Å². The molecule has 0 spiro atoms. The second-order valence-corrected chi connectivity index (χ2v) is 4.69. The number of carbonyl (C=O) groups excluding carboxylic acids is 1. The minimum atomic E-state index is -0.425. The predicted molar refractivity (Wildman–Crippen MR) is 74.0 cm³/mol. The summed E-state index contributed by atoms with van der Waals surface area (Å²) < 4.78 is 12.8. The summed E-state index contributed by atoms with van der Waals surface area (Å²) in [6.07, 6.45) is 1.91. The van der Waals surface area contributed by atoms with Gasteiger partial charge in [-0.3, -0.25) is 4.79 Å². The predicted octanol–water partition coefficient (Wildman–Crippen LogP) is 2.12. The van der Waals surface area contributed by atoms with Crippen molar-refractivity contribution in [2.45, 2.75) is 13.0 Å².